The summed E-state index contributed by atoms with van der Waals surface area (Å²) in [6.07, 6.45) is 0.767. The molecule has 0 bridgehead atoms. The molecule has 2 nitrogen and oxygen atoms in total. The molecule has 0 radical (unpaired) electrons. The lowest BCUT2D eigenvalue weighted by Crippen LogP contribution is -2.02. The van der Waals surface area contributed by atoms with Crippen LogP contribution in [0.1, 0.15) is 36.8 Å². The Morgan fingerprint density at radius 2 is 2.11 bits per heavy atom. The van der Waals surface area contributed by atoms with Gasteiger partial charge in [-0.25, -0.2) is 4.98 Å². The van der Waals surface area contributed by atoms with Gasteiger partial charge in [0.15, 0.2) is 0 Å². The Balaban J connectivity index is 2.32. The van der Waals surface area contributed by atoms with Gasteiger partial charge in [-0.1, -0.05) is 54.1 Å². The van der Waals surface area contributed by atoms with Crippen LogP contribution >= 0.6 is 28.1 Å². The predicted octanol–water partition coefficient (Wildman–Crippen LogP) is 4.62. The van der Waals surface area contributed by atoms with Gasteiger partial charge in [-0.3, -0.25) is 0 Å². The zero-order chi connectivity index (χ0) is 13.1. The van der Waals surface area contributed by atoms with Crippen LogP contribution in [-0.2, 0) is 6.42 Å². The molecule has 0 aliphatic rings. The van der Waals surface area contributed by atoms with E-state index in [0.717, 1.165) is 22.4 Å². The molecule has 0 spiro atoms. The Bertz CT molecular complexity index is 605. The van der Waals surface area contributed by atoms with E-state index in [-0.39, 0.29) is 0 Å². The maximum atomic E-state index is 5.21. The number of hydrogen-bond donors (Lipinski definition) is 1. The first-order valence-electron chi connectivity index (χ1n) is 5.89. The maximum Gasteiger partial charge on any atom is 0.130 e. The number of aromatic amines is 1. The smallest absolute Gasteiger partial charge is 0.130 e. The van der Waals surface area contributed by atoms with Crippen LogP contribution in [0, 0.1) is 4.64 Å². The van der Waals surface area contributed by atoms with Crippen LogP contribution in [0.15, 0.2) is 34.8 Å². The quantitative estimate of drug-likeness (QED) is 0.835. The first-order chi connectivity index (χ1) is 8.54. The summed E-state index contributed by atoms with van der Waals surface area (Å²) in [6.45, 7) is 4.28. The summed E-state index contributed by atoms with van der Waals surface area (Å²) < 4.78 is 1.74. The van der Waals surface area contributed by atoms with Crippen molar-refractivity contribution in [3.63, 3.8) is 0 Å². The summed E-state index contributed by atoms with van der Waals surface area (Å²) in [7, 11) is 0. The molecular weight excluding hydrogens is 308 g/mol. The fraction of sp³-hybridized carbons (Fsp3) is 0.286. The highest BCUT2D eigenvalue weighted by Gasteiger charge is 2.04. The van der Waals surface area contributed by atoms with E-state index in [4.69, 9.17) is 12.2 Å². The number of halogens is 1. The van der Waals surface area contributed by atoms with Gasteiger partial charge >= 0.3 is 0 Å². The molecule has 0 unspecified atom stereocenters. The predicted molar refractivity (Wildman–Crippen MR) is 80.5 cm³/mol. The van der Waals surface area contributed by atoms with Crippen molar-refractivity contribution in [2.45, 2.75) is 26.2 Å². The Hall–Kier alpha value is -1.00. The molecule has 0 aliphatic carbocycles. The standard InChI is InChI=1S/C14H15BrN2S/c1-9(2)12-8-14(18)17-13(16-12)7-10-4-3-5-11(15)6-10/h3-6,8-9H,7H2,1-2H3,(H,16,17,18). The normalized spacial score (nSPS) is 10.9. The second-order valence-corrected chi connectivity index (χ2v) is 5.92. The maximum absolute atomic E-state index is 5.21. The summed E-state index contributed by atoms with van der Waals surface area (Å²) in [6, 6.07) is 10.2. The zero-order valence-electron chi connectivity index (χ0n) is 10.4. The third-order valence-corrected chi connectivity index (χ3v) is 3.40. The van der Waals surface area contributed by atoms with Crippen LogP contribution in [0.25, 0.3) is 0 Å². The van der Waals surface area contributed by atoms with Gasteiger partial charge in [0.05, 0.1) is 0 Å². The van der Waals surface area contributed by atoms with Crippen molar-refractivity contribution in [3.05, 3.63) is 56.5 Å². The highest BCUT2D eigenvalue weighted by atomic mass is 79.9. The molecule has 4 heteroatoms. The summed E-state index contributed by atoms with van der Waals surface area (Å²) >= 11 is 8.68. The van der Waals surface area contributed by atoms with Crippen molar-refractivity contribution in [1.29, 1.82) is 0 Å². The van der Waals surface area contributed by atoms with Crippen LogP contribution in [0.4, 0.5) is 0 Å². The molecule has 0 saturated carbocycles. The van der Waals surface area contributed by atoms with Gasteiger partial charge in [0, 0.05) is 16.6 Å². The fourth-order valence-corrected chi connectivity index (χ4v) is 2.45. The van der Waals surface area contributed by atoms with Crippen molar-refractivity contribution < 1.29 is 0 Å². The van der Waals surface area contributed by atoms with E-state index in [1.54, 1.807) is 0 Å². The van der Waals surface area contributed by atoms with Gasteiger partial charge < -0.3 is 4.98 Å². The van der Waals surface area contributed by atoms with Crippen LogP contribution < -0.4 is 0 Å². The topological polar surface area (TPSA) is 28.7 Å². The average Bonchev–Trinajstić information content (AvgIpc) is 2.28. The van der Waals surface area contributed by atoms with E-state index >= 15 is 0 Å². The first kappa shape index (κ1) is 13.4. The number of aromatic nitrogens is 2. The van der Waals surface area contributed by atoms with E-state index in [9.17, 15) is 0 Å². The molecule has 1 aromatic heterocycles. The zero-order valence-corrected chi connectivity index (χ0v) is 12.8. The number of nitrogens with one attached hydrogen (secondary N) is 1. The fourth-order valence-electron chi connectivity index (χ4n) is 1.76. The van der Waals surface area contributed by atoms with Crippen LogP contribution in [-0.4, -0.2) is 9.97 Å². The molecule has 1 aromatic carbocycles. The molecule has 0 amide bonds. The molecule has 0 saturated heterocycles. The minimum atomic E-state index is 0.427. The molecule has 0 fully saturated rings. The molecule has 1 N–H and O–H groups in total. The van der Waals surface area contributed by atoms with E-state index < -0.39 is 0 Å². The van der Waals surface area contributed by atoms with Crippen molar-refractivity contribution in [3.8, 4) is 0 Å². The lowest BCUT2D eigenvalue weighted by Gasteiger charge is -2.08. The van der Waals surface area contributed by atoms with Crippen molar-refractivity contribution in [2.24, 2.45) is 0 Å². The Morgan fingerprint density at radius 1 is 1.33 bits per heavy atom. The van der Waals surface area contributed by atoms with Gasteiger partial charge in [0.1, 0.15) is 10.5 Å². The Labute approximate surface area is 121 Å². The average molecular weight is 323 g/mol. The lowest BCUT2D eigenvalue weighted by molar-refractivity contribution is 0.789. The van der Waals surface area contributed by atoms with Gasteiger partial charge in [0.2, 0.25) is 0 Å². The SMILES string of the molecule is CC(C)c1cc(=S)nc(Cc2cccc(Br)c2)[nH]1. The van der Waals surface area contributed by atoms with Crippen molar-refractivity contribution in [1.82, 2.24) is 9.97 Å². The van der Waals surface area contributed by atoms with Crippen LogP contribution in [0.5, 0.6) is 0 Å². The Kier molecular flexibility index (Phi) is 4.30. The van der Waals surface area contributed by atoms with E-state index in [0.29, 0.717) is 10.6 Å². The van der Waals surface area contributed by atoms with Crippen LogP contribution in [0.2, 0.25) is 0 Å². The molecule has 94 valence electrons. The minimum absolute atomic E-state index is 0.427. The van der Waals surface area contributed by atoms with Gasteiger partial charge in [0.25, 0.3) is 0 Å². The Morgan fingerprint density at radius 3 is 2.78 bits per heavy atom. The number of rotatable bonds is 3. The molecule has 2 aromatic rings. The van der Waals surface area contributed by atoms with Gasteiger partial charge in [-0.05, 0) is 29.7 Å². The second-order valence-electron chi connectivity index (χ2n) is 4.58. The summed E-state index contributed by atoms with van der Waals surface area (Å²) in [5.74, 6) is 1.35. The second kappa shape index (κ2) is 5.76. The van der Waals surface area contributed by atoms with E-state index in [1.807, 2.05) is 18.2 Å². The largest absolute Gasteiger partial charge is 0.347 e. The molecule has 0 atom stereocenters. The summed E-state index contributed by atoms with van der Waals surface area (Å²) in [4.78, 5) is 7.74. The molecule has 2 rings (SSSR count). The molecule has 18 heavy (non-hydrogen) atoms. The highest BCUT2D eigenvalue weighted by Crippen LogP contribution is 2.16. The number of benzene rings is 1. The van der Waals surface area contributed by atoms with Crippen molar-refractivity contribution in [2.75, 3.05) is 0 Å². The van der Waals surface area contributed by atoms with Crippen LogP contribution in [0.3, 0.4) is 0 Å². The highest BCUT2D eigenvalue weighted by molar-refractivity contribution is 9.10. The molecule has 0 aliphatic heterocycles. The summed E-state index contributed by atoms with van der Waals surface area (Å²) in [5.41, 5.74) is 2.35. The number of H-pyrrole nitrogens is 1. The third kappa shape index (κ3) is 3.50. The van der Waals surface area contributed by atoms with Crippen molar-refractivity contribution >= 4 is 28.1 Å². The summed E-state index contributed by atoms with van der Waals surface area (Å²) in [5, 5.41) is 0. The lowest BCUT2D eigenvalue weighted by atomic mass is 10.1. The van der Waals surface area contributed by atoms with Gasteiger partial charge in [-0.2, -0.15) is 0 Å². The first-order valence-corrected chi connectivity index (χ1v) is 7.09. The number of hydrogen-bond acceptors (Lipinski definition) is 2. The minimum Gasteiger partial charge on any atom is -0.347 e. The van der Waals surface area contributed by atoms with E-state index in [1.165, 1.54) is 5.56 Å². The third-order valence-electron chi connectivity index (χ3n) is 2.70. The van der Waals surface area contributed by atoms with Gasteiger partial charge in [-0.15, -0.1) is 0 Å². The molecular formula is C14H15BrN2S. The van der Waals surface area contributed by atoms with E-state index in [2.05, 4.69) is 51.9 Å². The molecule has 1 heterocycles. The number of nitrogens with zero attached hydrogens (tertiary/aromatic N) is 1. The monoisotopic (exact) mass is 322 g/mol.